The first-order valence-corrected chi connectivity index (χ1v) is 7.36. The number of rotatable bonds is 3. The number of halogens is 2. The highest BCUT2D eigenvalue weighted by Crippen LogP contribution is 2.30. The van der Waals surface area contributed by atoms with Crippen LogP contribution in [0.2, 0.25) is 10.0 Å². The van der Waals surface area contributed by atoms with Crippen molar-refractivity contribution < 1.29 is 9.90 Å². The molecular formula is C14H18Cl2N2O2. The Morgan fingerprint density at radius 1 is 1.30 bits per heavy atom. The molecule has 1 aliphatic rings. The van der Waals surface area contributed by atoms with E-state index in [0.717, 1.165) is 18.7 Å². The van der Waals surface area contributed by atoms with Gasteiger partial charge in [0.1, 0.15) is 6.61 Å². The smallest absolute Gasteiger partial charge is 0.248 e. The molecule has 2 rings (SSSR count). The number of piperazine rings is 1. The summed E-state index contributed by atoms with van der Waals surface area (Å²) in [4.78, 5) is 15.4. The maximum atomic E-state index is 11.4. The van der Waals surface area contributed by atoms with Crippen molar-refractivity contribution >= 4 is 29.1 Å². The van der Waals surface area contributed by atoms with Gasteiger partial charge in [0.15, 0.2) is 0 Å². The van der Waals surface area contributed by atoms with Gasteiger partial charge in [-0.3, -0.25) is 9.69 Å². The summed E-state index contributed by atoms with van der Waals surface area (Å²) in [5, 5.41) is 10.2. The summed E-state index contributed by atoms with van der Waals surface area (Å²) in [5.41, 5.74) is 1.00. The number of aliphatic hydroxyl groups is 1. The van der Waals surface area contributed by atoms with E-state index in [9.17, 15) is 4.79 Å². The van der Waals surface area contributed by atoms with Crippen molar-refractivity contribution in [3.63, 3.8) is 0 Å². The lowest BCUT2D eigenvalue weighted by molar-refractivity contribution is -0.136. The third kappa shape index (κ3) is 3.44. The van der Waals surface area contributed by atoms with Crippen LogP contribution in [0.1, 0.15) is 18.5 Å². The van der Waals surface area contributed by atoms with Gasteiger partial charge in [-0.05, 0) is 30.7 Å². The van der Waals surface area contributed by atoms with E-state index in [1.54, 1.807) is 17.0 Å². The lowest BCUT2D eigenvalue weighted by atomic mass is 10.1. The normalized spacial score (nSPS) is 18.1. The Kier molecular flexibility index (Phi) is 5.27. The van der Waals surface area contributed by atoms with Crippen molar-refractivity contribution in [3.05, 3.63) is 33.8 Å². The molecule has 0 aliphatic carbocycles. The van der Waals surface area contributed by atoms with Crippen LogP contribution >= 0.6 is 23.2 Å². The Labute approximate surface area is 128 Å². The van der Waals surface area contributed by atoms with Gasteiger partial charge in [-0.2, -0.15) is 0 Å². The van der Waals surface area contributed by atoms with Crippen LogP contribution in [0.15, 0.2) is 18.2 Å². The van der Waals surface area contributed by atoms with Gasteiger partial charge < -0.3 is 10.0 Å². The van der Waals surface area contributed by atoms with E-state index in [4.69, 9.17) is 28.3 Å². The highest BCUT2D eigenvalue weighted by atomic mass is 35.5. The number of benzene rings is 1. The second-order valence-electron chi connectivity index (χ2n) is 4.92. The van der Waals surface area contributed by atoms with E-state index in [1.165, 1.54) is 0 Å². The highest BCUT2D eigenvalue weighted by molar-refractivity contribution is 6.33. The zero-order valence-electron chi connectivity index (χ0n) is 11.4. The summed E-state index contributed by atoms with van der Waals surface area (Å²) in [6.45, 7) is 4.44. The van der Waals surface area contributed by atoms with Crippen LogP contribution in [0, 0.1) is 0 Å². The number of amides is 1. The lowest BCUT2D eigenvalue weighted by Crippen LogP contribution is -2.50. The van der Waals surface area contributed by atoms with Gasteiger partial charge in [0, 0.05) is 42.3 Å². The summed E-state index contributed by atoms with van der Waals surface area (Å²) in [7, 11) is 0. The van der Waals surface area contributed by atoms with Crippen molar-refractivity contribution in [2.45, 2.75) is 13.0 Å². The summed E-state index contributed by atoms with van der Waals surface area (Å²) in [6.07, 6.45) is 0. The van der Waals surface area contributed by atoms with Gasteiger partial charge in [0.05, 0.1) is 0 Å². The summed E-state index contributed by atoms with van der Waals surface area (Å²) < 4.78 is 0. The van der Waals surface area contributed by atoms with Crippen molar-refractivity contribution in [2.24, 2.45) is 0 Å². The van der Waals surface area contributed by atoms with Crippen molar-refractivity contribution in [1.82, 2.24) is 9.80 Å². The number of hydrogen-bond donors (Lipinski definition) is 1. The largest absolute Gasteiger partial charge is 0.387 e. The van der Waals surface area contributed by atoms with E-state index in [0.29, 0.717) is 23.1 Å². The molecule has 1 aliphatic heterocycles. The van der Waals surface area contributed by atoms with Crippen LogP contribution < -0.4 is 0 Å². The van der Waals surface area contributed by atoms with E-state index >= 15 is 0 Å². The maximum Gasteiger partial charge on any atom is 0.248 e. The van der Waals surface area contributed by atoms with Gasteiger partial charge >= 0.3 is 0 Å². The van der Waals surface area contributed by atoms with Crippen LogP contribution in [-0.4, -0.2) is 53.6 Å². The minimum Gasteiger partial charge on any atom is -0.387 e. The summed E-state index contributed by atoms with van der Waals surface area (Å²) >= 11 is 12.3. The standard InChI is InChI=1S/C14H18Cl2N2O2/c1-10(12-8-11(15)2-3-13(12)16)17-4-6-18(7-5-17)14(20)9-19/h2-3,8,10,19H,4-7,9H2,1H3. The van der Waals surface area contributed by atoms with Crippen LogP contribution in [0.3, 0.4) is 0 Å². The molecule has 20 heavy (non-hydrogen) atoms. The average Bonchev–Trinajstić information content (AvgIpc) is 2.48. The molecule has 1 atom stereocenters. The Hall–Kier alpha value is -0.810. The number of aliphatic hydroxyl groups excluding tert-OH is 1. The lowest BCUT2D eigenvalue weighted by Gasteiger charge is -2.38. The van der Waals surface area contributed by atoms with Gasteiger partial charge in [0.2, 0.25) is 5.91 Å². The van der Waals surface area contributed by atoms with Crippen molar-refractivity contribution in [1.29, 1.82) is 0 Å². The van der Waals surface area contributed by atoms with Crippen molar-refractivity contribution in [3.8, 4) is 0 Å². The molecule has 0 radical (unpaired) electrons. The van der Waals surface area contributed by atoms with Gasteiger partial charge in [0.25, 0.3) is 0 Å². The first-order valence-electron chi connectivity index (χ1n) is 6.60. The molecule has 1 heterocycles. The Morgan fingerprint density at radius 2 is 1.95 bits per heavy atom. The molecule has 110 valence electrons. The second-order valence-corrected chi connectivity index (χ2v) is 5.76. The minimum absolute atomic E-state index is 0.146. The average molecular weight is 317 g/mol. The third-order valence-corrected chi connectivity index (χ3v) is 4.34. The zero-order chi connectivity index (χ0) is 14.7. The monoisotopic (exact) mass is 316 g/mol. The van der Waals surface area contributed by atoms with Gasteiger partial charge in [-0.15, -0.1) is 0 Å². The number of hydrogen-bond acceptors (Lipinski definition) is 3. The molecule has 1 aromatic rings. The predicted molar refractivity (Wildman–Crippen MR) is 80.1 cm³/mol. The van der Waals surface area contributed by atoms with Crippen LogP contribution in [0.5, 0.6) is 0 Å². The van der Waals surface area contributed by atoms with Crippen LogP contribution in [0.4, 0.5) is 0 Å². The number of nitrogens with zero attached hydrogens (tertiary/aromatic N) is 2. The first-order chi connectivity index (χ1) is 9.52. The van der Waals surface area contributed by atoms with Crippen LogP contribution in [-0.2, 0) is 4.79 Å². The SMILES string of the molecule is CC(c1cc(Cl)ccc1Cl)N1CCN(C(=O)CO)CC1. The predicted octanol–water partition coefficient (Wildman–Crippen LogP) is 2.19. The van der Waals surface area contributed by atoms with E-state index in [2.05, 4.69) is 11.8 Å². The molecule has 1 N–H and O–H groups in total. The first kappa shape index (κ1) is 15.6. The molecule has 1 saturated heterocycles. The molecule has 1 aromatic carbocycles. The zero-order valence-corrected chi connectivity index (χ0v) is 12.9. The van der Waals surface area contributed by atoms with E-state index in [1.807, 2.05) is 6.07 Å². The van der Waals surface area contributed by atoms with E-state index in [-0.39, 0.29) is 11.9 Å². The summed E-state index contributed by atoms with van der Waals surface area (Å²) in [6, 6.07) is 5.62. The van der Waals surface area contributed by atoms with Gasteiger partial charge in [-0.25, -0.2) is 0 Å². The second kappa shape index (κ2) is 6.76. The molecular weight excluding hydrogens is 299 g/mol. The quantitative estimate of drug-likeness (QED) is 0.929. The molecule has 0 saturated carbocycles. The third-order valence-electron chi connectivity index (χ3n) is 3.76. The van der Waals surface area contributed by atoms with Gasteiger partial charge in [-0.1, -0.05) is 23.2 Å². The fourth-order valence-electron chi connectivity index (χ4n) is 2.49. The Balaban J connectivity index is 2.03. The molecule has 1 fully saturated rings. The highest BCUT2D eigenvalue weighted by Gasteiger charge is 2.25. The summed E-state index contributed by atoms with van der Waals surface area (Å²) in [5.74, 6) is -0.210. The number of carbonyl (C=O) groups excluding carboxylic acids is 1. The molecule has 0 bridgehead atoms. The molecule has 6 heteroatoms. The molecule has 0 aromatic heterocycles. The minimum atomic E-state index is -0.421. The fourth-order valence-corrected chi connectivity index (χ4v) is 2.95. The molecule has 1 unspecified atom stereocenters. The Bertz CT molecular complexity index is 488. The molecule has 1 amide bonds. The Morgan fingerprint density at radius 3 is 2.55 bits per heavy atom. The van der Waals surface area contributed by atoms with Crippen LogP contribution in [0.25, 0.3) is 0 Å². The molecule has 4 nitrogen and oxygen atoms in total. The maximum absolute atomic E-state index is 11.4. The fraction of sp³-hybridized carbons (Fsp3) is 0.500. The topological polar surface area (TPSA) is 43.8 Å². The molecule has 0 spiro atoms. The number of carbonyl (C=O) groups is 1. The van der Waals surface area contributed by atoms with E-state index < -0.39 is 6.61 Å². The van der Waals surface area contributed by atoms with Crippen molar-refractivity contribution in [2.75, 3.05) is 32.8 Å².